The zero-order valence-corrected chi connectivity index (χ0v) is 24.6. The van der Waals surface area contributed by atoms with Gasteiger partial charge in [-0.25, -0.2) is 0 Å². The summed E-state index contributed by atoms with van der Waals surface area (Å²) in [6.07, 6.45) is 1.71. The summed E-state index contributed by atoms with van der Waals surface area (Å²) in [6.45, 7) is 4.46. The topological polar surface area (TPSA) is 37.4 Å². The molecule has 0 aliphatic heterocycles. The van der Waals surface area contributed by atoms with Crippen LogP contribution in [0.4, 0.5) is 17.1 Å². The van der Waals surface area contributed by atoms with Crippen LogP contribution in [0.5, 0.6) is 0 Å². The number of fused-ring (bicyclic) bond motifs is 4. The molecule has 200 valence electrons. The van der Waals surface area contributed by atoms with Crippen LogP contribution in [0.25, 0.3) is 16.5 Å². The van der Waals surface area contributed by atoms with Gasteiger partial charge in [-0.05, 0) is 77.4 Å². The van der Waals surface area contributed by atoms with Crippen molar-refractivity contribution in [2.75, 3.05) is 4.90 Å². The van der Waals surface area contributed by atoms with Crippen molar-refractivity contribution >= 4 is 69.2 Å². The van der Waals surface area contributed by atoms with E-state index in [9.17, 15) is 9.59 Å². The maximum absolute atomic E-state index is 13.1. The van der Waals surface area contributed by atoms with Crippen molar-refractivity contribution < 1.29 is 9.59 Å². The molecule has 2 aliphatic rings. The van der Waals surface area contributed by atoms with Crippen molar-refractivity contribution in [1.29, 1.82) is 0 Å². The molecule has 0 spiro atoms. The molecule has 0 unspecified atom stereocenters. The third-order valence-electron chi connectivity index (χ3n) is 7.96. The lowest BCUT2D eigenvalue weighted by atomic mass is 9.82. The number of Topliss-reactive ketones (excluding diaryl/α,β-unsaturated/α-hetero) is 2. The Hall–Kier alpha value is -3.96. The second-order valence-corrected chi connectivity index (χ2v) is 12.7. The Balaban J connectivity index is 1.29. The van der Waals surface area contributed by atoms with Crippen LogP contribution >= 0.6 is 34.5 Å². The largest absolute Gasteiger partial charge is 0.310 e. The number of anilines is 3. The summed E-state index contributed by atoms with van der Waals surface area (Å²) < 4.78 is 0. The minimum atomic E-state index is -0.316. The SMILES string of the molecule is CC1(C)c2cc(N(c3ccccc3)c3ccccc3)ccc2-c2sc(C=C3C(=O)c4cc(Cl)c(Cl)cc4C3=O)cc21. The van der Waals surface area contributed by atoms with Gasteiger partial charge < -0.3 is 4.90 Å². The molecule has 0 fully saturated rings. The monoisotopic (exact) mass is 591 g/mol. The van der Waals surface area contributed by atoms with Crippen LogP contribution in [0.1, 0.15) is 50.6 Å². The van der Waals surface area contributed by atoms with Gasteiger partial charge in [-0.2, -0.15) is 0 Å². The Morgan fingerprint density at radius 2 is 1.22 bits per heavy atom. The summed E-state index contributed by atoms with van der Waals surface area (Å²) in [4.78, 5) is 30.5. The van der Waals surface area contributed by atoms with Gasteiger partial charge in [-0.3, -0.25) is 9.59 Å². The fourth-order valence-corrected chi connectivity index (χ4v) is 7.50. The fraction of sp³-hybridized carbons (Fsp3) is 0.0857. The lowest BCUT2D eigenvalue weighted by Gasteiger charge is -2.28. The van der Waals surface area contributed by atoms with Crippen LogP contribution in [-0.4, -0.2) is 11.6 Å². The number of halogens is 2. The first-order valence-electron chi connectivity index (χ1n) is 13.2. The van der Waals surface area contributed by atoms with Crippen LogP contribution in [0.3, 0.4) is 0 Å². The molecule has 0 atom stereocenters. The third kappa shape index (κ3) is 4.09. The number of carbonyl (C=O) groups excluding carboxylic acids is 2. The van der Waals surface area contributed by atoms with Crippen molar-refractivity contribution in [2.45, 2.75) is 19.3 Å². The van der Waals surface area contributed by atoms with Gasteiger partial charge in [0.25, 0.3) is 0 Å². The van der Waals surface area contributed by atoms with E-state index in [1.54, 1.807) is 17.4 Å². The summed E-state index contributed by atoms with van der Waals surface area (Å²) in [5.74, 6) is -0.633. The lowest BCUT2D eigenvalue weighted by molar-refractivity contribution is 0.0990. The Morgan fingerprint density at radius 1 is 0.659 bits per heavy atom. The number of para-hydroxylation sites is 2. The van der Waals surface area contributed by atoms with Crippen molar-refractivity contribution in [3.8, 4) is 10.4 Å². The van der Waals surface area contributed by atoms with E-state index < -0.39 is 0 Å². The molecule has 0 bridgehead atoms. The van der Waals surface area contributed by atoms with E-state index in [-0.39, 0.29) is 32.6 Å². The van der Waals surface area contributed by atoms with Gasteiger partial charge >= 0.3 is 0 Å². The summed E-state index contributed by atoms with van der Waals surface area (Å²) in [7, 11) is 0. The molecule has 2 aliphatic carbocycles. The molecule has 6 heteroatoms. The first kappa shape index (κ1) is 26.0. The second-order valence-electron chi connectivity index (χ2n) is 10.8. The molecule has 3 nitrogen and oxygen atoms in total. The Morgan fingerprint density at radius 3 is 1.78 bits per heavy atom. The van der Waals surface area contributed by atoms with Gasteiger partial charge in [0.2, 0.25) is 0 Å². The minimum Gasteiger partial charge on any atom is -0.310 e. The van der Waals surface area contributed by atoms with E-state index in [2.05, 4.69) is 91.5 Å². The summed E-state index contributed by atoms with van der Waals surface area (Å²) in [5.41, 5.74) is 7.37. The molecule has 0 saturated heterocycles. The number of carbonyl (C=O) groups is 2. The molecule has 1 heterocycles. The van der Waals surface area contributed by atoms with E-state index in [4.69, 9.17) is 23.2 Å². The van der Waals surface area contributed by atoms with Gasteiger partial charge in [-0.1, -0.05) is 79.5 Å². The minimum absolute atomic E-state index is 0.146. The zero-order chi connectivity index (χ0) is 28.5. The number of thiophene rings is 1. The number of rotatable bonds is 4. The maximum atomic E-state index is 13.1. The highest BCUT2D eigenvalue weighted by Gasteiger charge is 2.39. The molecule has 0 radical (unpaired) electrons. The van der Waals surface area contributed by atoms with Crippen LogP contribution in [0.2, 0.25) is 10.0 Å². The van der Waals surface area contributed by atoms with Gasteiger partial charge in [0, 0.05) is 43.4 Å². The van der Waals surface area contributed by atoms with Crippen LogP contribution in [0, 0.1) is 0 Å². The first-order valence-corrected chi connectivity index (χ1v) is 14.8. The highest BCUT2D eigenvalue weighted by molar-refractivity contribution is 7.16. The first-order chi connectivity index (χ1) is 19.7. The molecule has 0 amide bonds. The van der Waals surface area contributed by atoms with Gasteiger partial charge in [0.15, 0.2) is 11.6 Å². The molecule has 5 aromatic rings. The molecular weight excluding hydrogens is 569 g/mol. The smallest absolute Gasteiger partial charge is 0.197 e. The third-order valence-corrected chi connectivity index (χ3v) is 9.80. The van der Waals surface area contributed by atoms with Gasteiger partial charge in [-0.15, -0.1) is 11.3 Å². The quantitative estimate of drug-likeness (QED) is 0.154. The van der Waals surface area contributed by atoms with E-state index in [0.29, 0.717) is 11.1 Å². The van der Waals surface area contributed by atoms with Crippen molar-refractivity contribution in [1.82, 2.24) is 0 Å². The van der Waals surface area contributed by atoms with E-state index in [1.165, 1.54) is 28.8 Å². The predicted molar refractivity (Wildman–Crippen MR) is 170 cm³/mol. The second kappa shape index (κ2) is 9.56. The van der Waals surface area contributed by atoms with Crippen LogP contribution in [-0.2, 0) is 5.41 Å². The maximum Gasteiger partial charge on any atom is 0.197 e. The van der Waals surface area contributed by atoms with E-state index in [0.717, 1.165) is 26.8 Å². The predicted octanol–water partition coefficient (Wildman–Crippen LogP) is 10.3. The number of ketones is 2. The molecule has 0 N–H and O–H groups in total. The summed E-state index contributed by atoms with van der Waals surface area (Å²) >= 11 is 13.9. The van der Waals surface area contributed by atoms with E-state index in [1.807, 2.05) is 12.1 Å². The van der Waals surface area contributed by atoms with Gasteiger partial charge in [0.1, 0.15) is 0 Å². The van der Waals surface area contributed by atoms with Crippen LogP contribution in [0.15, 0.2) is 103 Å². The summed E-state index contributed by atoms with van der Waals surface area (Å²) in [6, 6.07) is 32.5. The Bertz CT molecular complexity index is 1840. The molecule has 0 saturated carbocycles. The molecular formula is C35H23Cl2NO2S. The highest BCUT2D eigenvalue weighted by Crippen LogP contribution is 2.54. The fourth-order valence-electron chi connectivity index (χ4n) is 5.87. The van der Waals surface area contributed by atoms with Gasteiger partial charge in [0.05, 0.1) is 15.6 Å². The van der Waals surface area contributed by atoms with E-state index >= 15 is 0 Å². The number of nitrogens with zero attached hydrogens (tertiary/aromatic N) is 1. The Kier molecular flexibility index (Phi) is 6.05. The van der Waals surface area contributed by atoms with Crippen molar-refractivity contribution in [3.05, 3.63) is 140 Å². The van der Waals surface area contributed by atoms with Crippen LogP contribution < -0.4 is 4.90 Å². The normalized spacial score (nSPS) is 14.6. The standard InChI is InChI=1S/C35H23Cl2NO2S/c1-35(2)28-15-22(38(20-9-5-3-6-10-20)21-11-7-4-8-12-21)13-14-24(28)34-29(35)17-23(41-34)16-27-32(39)25-18-30(36)31(37)19-26(25)33(27)40/h3-19H,1-2H3. The zero-order valence-electron chi connectivity index (χ0n) is 22.2. The molecule has 7 rings (SSSR count). The number of benzene rings is 4. The number of allylic oxidation sites excluding steroid dienone is 1. The molecule has 1 aromatic heterocycles. The highest BCUT2D eigenvalue weighted by atomic mass is 35.5. The van der Waals surface area contributed by atoms with Crippen molar-refractivity contribution in [2.24, 2.45) is 0 Å². The average molecular weight is 593 g/mol. The lowest BCUT2D eigenvalue weighted by Crippen LogP contribution is -2.16. The number of hydrogen-bond acceptors (Lipinski definition) is 4. The number of hydrogen-bond donors (Lipinski definition) is 0. The molecule has 41 heavy (non-hydrogen) atoms. The Labute approximate surface area is 252 Å². The summed E-state index contributed by atoms with van der Waals surface area (Å²) in [5, 5.41) is 0.525. The average Bonchev–Trinajstić information content (AvgIpc) is 3.57. The molecule has 4 aromatic carbocycles. The van der Waals surface area contributed by atoms with Crippen molar-refractivity contribution in [3.63, 3.8) is 0 Å².